The highest BCUT2D eigenvalue weighted by Gasteiger charge is 2.26. The molecule has 1 atom stereocenters. The second kappa shape index (κ2) is 8.21. The van der Waals surface area contributed by atoms with Crippen molar-refractivity contribution in [2.75, 3.05) is 13.2 Å². The van der Waals surface area contributed by atoms with Crippen molar-refractivity contribution in [3.63, 3.8) is 0 Å². The van der Waals surface area contributed by atoms with Crippen molar-refractivity contribution >= 4 is 17.4 Å². The maximum Gasteiger partial charge on any atom is 0.317 e. The van der Waals surface area contributed by atoms with Crippen LogP contribution in [0.4, 0.5) is 4.79 Å². The number of carbonyl (C=O) groups is 1. The molecule has 0 radical (unpaired) electrons. The fourth-order valence-electron chi connectivity index (χ4n) is 2.99. The Kier molecular flexibility index (Phi) is 5.77. The molecule has 128 valence electrons. The van der Waals surface area contributed by atoms with E-state index < -0.39 is 0 Å². The van der Waals surface area contributed by atoms with Crippen LogP contribution in [0.5, 0.6) is 0 Å². The molecule has 6 nitrogen and oxygen atoms in total. The third kappa shape index (κ3) is 4.10. The molecular formula is C17H22N4O2S. The summed E-state index contributed by atoms with van der Waals surface area (Å²) in [5, 5.41) is 22.1. The summed E-state index contributed by atoms with van der Waals surface area (Å²) in [5.74, 6) is 0. The molecule has 2 N–H and O–H groups in total. The van der Waals surface area contributed by atoms with Crippen LogP contribution in [-0.4, -0.2) is 45.4 Å². The number of carbonyl (C=O) groups excluding carboxylic acids is 1. The number of aliphatic hydroxyl groups is 1. The van der Waals surface area contributed by atoms with E-state index in [1.807, 2.05) is 35.2 Å². The van der Waals surface area contributed by atoms with Crippen LogP contribution in [0.15, 0.2) is 30.3 Å². The van der Waals surface area contributed by atoms with Crippen molar-refractivity contribution in [1.29, 1.82) is 0 Å². The second-order valence-corrected chi connectivity index (χ2v) is 6.94. The van der Waals surface area contributed by atoms with Gasteiger partial charge in [-0.05, 0) is 25.7 Å². The van der Waals surface area contributed by atoms with Gasteiger partial charge >= 0.3 is 6.03 Å². The van der Waals surface area contributed by atoms with Crippen LogP contribution in [-0.2, 0) is 6.54 Å². The molecule has 3 rings (SSSR count). The maximum absolute atomic E-state index is 12.4. The zero-order valence-corrected chi connectivity index (χ0v) is 14.3. The van der Waals surface area contributed by atoms with Crippen molar-refractivity contribution < 1.29 is 9.90 Å². The van der Waals surface area contributed by atoms with Crippen LogP contribution >= 0.6 is 11.3 Å². The summed E-state index contributed by atoms with van der Waals surface area (Å²) >= 11 is 1.49. The molecule has 1 aliphatic heterocycles. The number of benzene rings is 1. The second-order valence-electron chi connectivity index (χ2n) is 5.88. The Labute approximate surface area is 145 Å². The Hall–Kier alpha value is -1.99. The average Bonchev–Trinajstić information content (AvgIpc) is 3.10. The van der Waals surface area contributed by atoms with Gasteiger partial charge in [0.25, 0.3) is 0 Å². The van der Waals surface area contributed by atoms with E-state index >= 15 is 0 Å². The molecule has 2 amide bonds. The van der Waals surface area contributed by atoms with Gasteiger partial charge in [-0.15, -0.1) is 10.2 Å². The number of rotatable bonds is 5. The third-order valence-electron chi connectivity index (χ3n) is 4.23. The van der Waals surface area contributed by atoms with Gasteiger partial charge < -0.3 is 15.3 Å². The molecule has 0 bridgehead atoms. The number of hydrogen-bond donors (Lipinski definition) is 2. The zero-order chi connectivity index (χ0) is 16.8. The molecule has 1 saturated heterocycles. The van der Waals surface area contributed by atoms with E-state index in [1.54, 1.807) is 0 Å². The number of aliphatic hydroxyl groups excluding tert-OH is 1. The summed E-state index contributed by atoms with van der Waals surface area (Å²) in [4.78, 5) is 14.3. The molecule has 0 saturated carbocycles. The van der Waals surface area contributed by atoms with Crippen LogP contribution < -0.4 is 5.32 Å². The highest BCUT2D eigenvalue weighted by atomic mass is 32.1. The summed E-state index contributed by atoms with van der Waals surface area (Å²) in [6.07, 6.45) is 3.74. The minimum Gasteiger partial charge on any atom is -0.396 e. The molecule has 1 aliphatic rings. The van der Waals surface area contributed by atoms with Crippen molar-refractivity contribution in [1.82, 2.24) is 20.4 Å². The Bertz CT molecular complexity index is 660. The largest absolute Gasteiger partial charge is 0.396 e. The molecule has 0 spiro atoms. The molecule has 2 heterocycles. The van der Waals surface area contributed by atoms with Crippen molar-refractivity contribution in [3.05, 3.63) is 35.3 Å². The number of aromatic nitrogens is 2. The lowest BCUT2D eigenvalue weighted by Gasteiger charge is -2.35. The van der Waals surface area contributed by atoms with Crippen LogP contribution in [0.3, 0.4) is 0 Å². The number of nitrogens with one attached hydrogen (secondary N) is 1. The van der Waals surface area contributed by atoms with Gasteiger partial charge in [-0.1, -0.05) is 41.7 Å². The normalized spacial score (nSPS) is 17.7. The fraction of sp³-hybridized carbons (Fsp3) is 0.471. The molecule has 24 heavy (non-hydrogen) atoms. The monoisotopic (exact) mass is 346 g/mol. The van der Waals surface area contributed by atoms with Crippen LogP contribution in [0, 0.1) is 0 Å². The smallest absolute Gasteiger partial charge is 0.317 e. The van der Waals surface area contributed by atoms with Gasteiger partial charge in [-0.3, -0.25) is 0 Å². The summed E-state index contributed by atoms with van der Waals surface area (Å²) in [6, 6.07) is 9.95. The van der Waals surface area contributed by atoms with Crippen LogP contribution in [0.25, 0.3) is 10.6 Å². The first-order chi connectivity index (χ1) is 11.8. The first-order valence-electron chi connectivity index (χ1n) is 8.31. The third-order valence-corrected chi connectivity index (χ3v) is 5.20. The first kappa shape index (κ1) is 16.9. The fourth-order valence-corrected chi connectivity index (χ4v) is 3.78. The van der Waals surface area contributed by atoms with Gasteiger partial charge in [0.2, 0.25) is 0 Å². The summed E-state index contributed by atoms with van der Waals surface area (Å²) in [5.41, 5.74) is 1.03. The highest BCUT2D eigenvalue weighted by molar-refractivity contribution is 7.14. The van der Waals surface area contributed by atoms with E-state index in [4.69, 9.17) is 5.11 Å². The number of urea groups is 1. The molecule has 1 fully saturated rings. The maximum atomic E-state index is 12.4. The zero-order valence-electron chi connectivity index (χ0n) is 13.5. The lowest BCUT2D eigenvalue weighted by molar-refractivity contribution is 0.131. The minimum atomic E-state index is -0.0791. The van der Waals surface area contributed by atoms with E-state index in [0.717, 1.165) is 41.4 Å². The van der Waals surface area contributed by atoms with Gasteiger partial charge in [0.15, 0.2) is 0 Å². The topological polar surface area (TPSA) is 78.4 Å². The molecule has 7 heteroatoms. The molecule has 1 unspecified atom stereocenters. The van der Waals surface area contributed by atoms with Crippen LogP contribution in [0.1, 0.15) is 30.7 Å². The minimum absolute atomic E-state index is 0.0791. The van der Waals surface area contributed by atoms with Crippen molar-refractivity contribution in [2.24, 2.45) is 0 Å². The molecular weight excluding hydrogens is 324 g/mol. The summed E-state index contributed by atoms with van der Waals surface area (Å²) in [7, 11) is 0. The van der Waals surface area contributed by atoms with Gasteiger partial charge in [0, 0.05) is 24.8 Å². The van der Waals surface area contributed by atoms with Gasteiger partial charge in [-0.2, -0.15) is 0 Å². The van der Waals surface area contributed by atoms with E-state index in [2.05, 4.69) is 15.5 Å². The molecule has 1 aromatic heterocycles. The molecule has 2 aromatic rings. The number of likely N-dealkylation sites (tertiary alicyclic amines) is 1. The Morgan fingerprint density at radius 3 is 2.92 bits per heavy atom. The van der Waals surface area contributed by atoms with Crippen molar-refractivity contribution in [3.8, 4) is 10.6 Å². The highest BCUT2D eigenvalue weighted by Crippen LogP contribution is 2.23. The van der Waals surface area contributed by atoms with Crippen molar-refractivity contribution in [2.45, 2.75) is 38.3 Å². The van der Waals surface area contributed by atoms with Gasteiger partial charge in [0.1, 0.15) is 10.0 Å². The molecule has 1 aromatic carbocycles. The summed E-state index contributed by atoms with van der Waals surface area (Å²) < 4.78 is 0. The van der Waals surface area contributed by atoms with Crippen LogP contribution in [0.2, 0.25) is 0 Å². The number of piperidine rings is 1. The van der Waals surface area contributed by atoms with E-state index in [-0.39, 0.29) is 18.7 Å². The van der Waals surface area contributed by atoms with E-state index in [1.165, 1.54) is 11.3 Å². The van der Waals surface area contributed by atoms with Gasteiger partial charge in [0.05, 0.1) is 6.54 Å². The van der Waals surface area contributed by atoms with E-state index in [9.17, 15) is 4.79 Å². The summed E-state index contributed by atoms with van der Waals surface area (Å²) in [6.45, 7) is 1.25. The Balaban J connectivity index is 1.57. The lowest BCUT2D eigenvalue weighted by Crippen LogP contribution is -2.48. The van der Waals surface area contributed by atoms with Gasteiger partial charge in [-0.25, -0.2) is 4.79 Å². The Morgan fingerprint density at radius 2 is 2.12 bits per heavy atom. The standard InChI is InChI=1S/C17H22N4O2S/c22-11-9-14-8-4-5-10-21(14)17(23)18-12-15-19-20-16(24-15)13-6-2-1-3-7-13/h1-3,6-7,14,22H,4-5,8-12H2,(H,18,23). The lowest BCUT2D eigenvalue weighted by atomic mass is 10.0. The molecule has 0 aliphatic carbocycles. The Morgan fingerprint density at radius 1 is 1.29 bits per heavy atom. The average molecular weight is 346 g/mol. The predicted octanol–water partition coefficient (Wildman–Crippen LogP) is 2.65. The number of hydrogen-bond acceptors (Lipinski definition) is 5. The SMILES string of the molecule is O=C(NCc1nnc(-c2ccccc2)s1)N1CCCCC1CCO. The number of amides is 2. The quantitative estimate of drug-likeness (QED) is 0.872. The predicted molar refractivity (Wildman–Crippen MR) is 93.6 cm³/mol. The first-order valence-corrected chi connectivity index (χ1v) is 9.12. The van der Waals surface area contributed by atoms with E-state index in [0.29, 0.717) is 13.0 Å². The number of nitrogens with zero attached hydrogens (tertiary/aromatic N) is 3.